The Labute approximate surface area is 121 Å². The zero-order valence-corrected chi connectivity index (χ0v) is 12.3. The van der Waals surface area contributed by atoms with Crippen LogP contribution in [0, 0.1) is 0 Å². The van der Waals surface area contributed by atoms with Crippen molar-refractivity contribution in [3.05, 3.63) is 50.4 Å². The first-order chi connectivity index (χ1) is 8.72. The molecule has 1 unspecified atom stereocenters. The van der Waals surface area contributed by atoms with Gasteiger partial charge >= 0.3 is 0 Å². The van der Waals surface area contributed by atoms with Gasteiger partial charge in [0.15, 0.2) is 0 Å². The van der Waals surface area contributed by atoms with Crippen LogP contribution in [0.15, 0.2) is 29.1 Å². The van der Waals surface area contributed by atoms with Crippen molar-refractivity contribution in [2.24, 2.45) is 0 Å². The Hall–Kier alpha value is -0.610. The van der Waals surface area contributed by atoms with Gasteiger partial charge in [-0.3, -0.25) is 0 Å². The summed E-state index contributed by atoms with van der Waals surface area (Å²) in [6.07, 6.45) is 0.789. The lowest BCUT2D eigenvalue weighted by Gasteiger charge is -2.17. The molecule has 2 rings (SSSR count). The van der Waals surface area contributed by atoms with Gasteiger partial charge in [-0.2, -0.15) is 0 Å². The molecule has 96 valence electrons. The Morgan fingerprint density at radius 3 is 2.89 bits per heavy atom. The van der Waals surface area contributed by atoms with Crippen molar-refractivity contribution in [3.63, 3.8) is 0 Å². The van der Waals surface area contributed by atoms with Crippen LogP contribution >= 0.6 is 34.5 Å². The summed E-state index contributed by atoms with van der Waals surface area (Å²) in [5, 5.41) is 6.72. The molecule has 0 aliphatic heterocycles. The standard InChI is InChI=1S/C13H14Cl2N2S/c1-2-16-11(12-7-18-8-17-12)6-9-4-3-5-10(14)13(9)15/h3-5,7-8,11,16H,2,6H2,1H3. The van der Waals surface area contributed by atoms with Crippen molar-refractivity contribution in [1.82, 2.24) is 10.3 Å². The van der Waals surface area contributed by atoms with E-state index < -0.39 is 0 Å². The van der Waals surface area contributed by atoms with E-state index in [1.807, 2.05) is 17.6 Å². The molecule has 0 spiro atoms. The number of halogens is 2. The number of nitrogens with one attached hydrogen (secondary N) is 1. The quantitative estimate of drug-likeness (QED) is 0.888. The second-order valence-electron chi connectivity index (χ2n) is 3.94. The lowest BCUT2D eigenvalue weighted by molar-refractivity contribution is 0.539. The Morgan fingerprint density at radius 2 is 2.22 bits per heavy atom. The summed E-state index contributed by atoms with van der Waals surface area (Å²) < 4.78 is 0. The molecular weight excluding hydrogens is 287 g/mol. The Balaban J connectivity index is 2.21. The lowest BCUT2D eigenvalue weighted by atomic mass is 10.0. The van der Waals surface area contributed by atoms with Gasteiger partial charge in [-0.25, -0.2) is 4.98 Å². The molecule has 5 heteroatoms. The molecule has 0 aliphatic carbocycles. The molecule has 1 heterocycles. The van der Waals surface area contributed by atoms with Gasteiger partial charge in [0.1, 0.15) is 0 Å². The molecule has 0 bridgehead atoms. The fourth-order valence-corrected chi connectivity index (χ4v) is 2.85. The van der Waals surface area contributed by atoms with Gasteiger partial charge in [0.2, 0.25) is 0 Å². The third-order valence-corrected chi connectivity index (χ3v) is 4.18. The van der Waals surface area contributed by atoms with Crippen molar-refractivity contribution >= 4 is 34.5 Å². The van der Waals surface area contributed by atoms with Gasteiger partial charge in [-0.05, 0) is 24.6 Å². The molecule has 1 aromatic carbocycles. The van der Waals surface area contributed by atoms with E-state index in [4.69, 9.17) is 23.2 Å². The Kier molecular flexibility index (Phi) is 5.01. The van der Waals surface area contributed by atoms with E-state index >= 15 is 0 Å². The van der Waals surface area contributed by atoms with E-state index in [1.165, 1.54) is 0 Å². The van der Waals surface area contributed by atoms with Gasteiger partial charge in [-0.15, -0.1) is 11.3 Å². The Morgan fingerprint density at radius 1 is 1.39 bits per heavy atom. The number of thiazole rings is 1. The third-order valence-electron chi connectivity index (χ3n) is 2.71. The maximum Gasteiger partial charge on any atom is 0.0795 e. The molecule has 0 saturated carbocycles. The van der Waals surface area contributed by atoms with Gasteiger partial charge in [0.05, 0.1) is 27.3 Å². The smallest absolute Gasteiger partial charge is 0.0795 e. The minimum atomic E-state index is 0.178. The van der Waals surface area contributed by atoms with Crippen LogP contribution in [-0.2, 0) is 6.42 Å². The van der Waals surface area contributed by atoms with Gasteiger partial charge in [0.25, 0.3) is 0 Å². The molecule has 1 N–H and O–H groups in total. The van der Waals surface area contributed by atoms with Gasteiger partial charge in [-0.1, -0.05) is 42.3 Å². The minimum Gasteiger partial charge on any atom is -0.309 e. The highest BCUT2D eigenvalue weighted by atomic mass is 35.5. The van der Waals surface area contributed by atoms with E-state index in [1.54, 1.807) is 17.4 Å². The van der Waals surface area contributed by atoms with Gasteiger partial charge < -0.3 is 5.32 Å². The van der Waals surface area contributed by atoms with E-state index in [-0.39, 0.29) is 6.04 Å². The fraction of sp³-hybridized carbons (Fsp3) is 0.308. The molecule has 0 radical (unpaired) electrons. The summed E-state index contributed by atoms with van der Waals surface area (Å²) in [5.74, 6) is 0. The number of likely N-dealkylation sites (N-methyl/N-ethyl adjacent to an activating group) is 1. The average Bonchev–Trinajstić information content (AvgIpc) is 2.88. The van der Waals surface area contributed by atoms with Crippen LogP contribution in [-0.4, -0.2) is 11.5 Å². The lowest BCUT2D eigenvalue weighted by Crippen LogP contribution is -2.23. The first-order valence-corrected chi connectivity index (χ1v) is 7.46. The fourth-order valence-electron chi connectivity index (χ4n) is 1.85. The second kappa shape index (κ2) is 6.53. The molecular formula is C13H14Cl2N2S. The predicted octanol–water partition coefficient (Wildman–Crippen LogP) is 4.34. The topological polar surface area (TPSA) is 24.9 Å². The van der Waals surface area contributed by atoms with Crippen molar-refractivity contribution < 1.29 is 0 Å². The van der Waals surface area contributed by atoms with E-state index in [2.05, 4.69) is 22.6 Å². The summed E-state index contributed by atoms with van der Waals surface area (Å²) in [4.78, 5) is 4.36. The predicted molar refractivity (Wildman–Crippen MR) is 78.7 cm³/mol. The van der Waals surface area contributed by atoms with E-state index in [0.29, 0.717) is 10.0 Å². The van der Waals surface area contributed by atoms with Crippen LogP contribution in [0.4, 0.5) is 0 Å². The van der Waals surface area contributed by atoms with Crippen LogP contribution in [0.1, 0.15) is 24.2 Å². The zero-order chi connectivity index (χ0) is 13.0. The maximum atomic E-state index is 6.22. The first kappa shape index (κ1) is 13.8. The van der Waals surface area contributed by atoms with Crippen molar-refractivity contribution in [3.8, 4) is 0 Å². The normalized spacial score (nSPS) is 12.6. The highest BCUT2D eigenvalue weighted by Gasteiger charge is 2.15. The molecule has 0 fully saturated rings. The Bertz CT molecular complexity index is 500. The van der Waals surface area contributed by atoms with Crippen LogP contribution in [0.2, 0.25) is 10.0 Å². The van der Waals surface area contributed by atoms with Crippen LogP contribution in [0.25, 0.3) is 0 Å². The SMILES string of the molecule is CCNC(Cc1cccc(Cl)c1Cl)c1cscn1. The summed E-state index contributed by atoms with van der Waals surface area (Å²) in [7, 11) is 0. The highest BCUT2D eigenvalue weighted by molar-refractivity contribution is 7.07. The molecule has 18 heavy (non-hydrogen) atoms. The minimum absolute atomic E-state index is 0.178. The zero-order valence-electron chi connectivity index (χ0n) is 9.99. The highest BCUT2D eigenvalue weighted by Crippen LogP contribution is 2.29. The van der Waals surface area contributed by atoms with Crippen LogP contribution in [0.5, 0.6) is 0 Å². The number of aromatic nitrogens is 1. The van der Waals surface area contributed by atoms with Gasteiger partial charge in [0, 0.05) is 5.38 Å². The summed E-state index contributed by atoms with van der Waals surface area (Å²) in [6.45, 7) is 2.97. The summed E-state index contributed by atoms with van der Waals surface area (Å²) in [5.41, 5.74) is 3.94. The third kappa shape index (κ3) is 3.23. The maximum absolute atomic E-state index is 6.22. The molecule has 2 aromatic rings. The number of hydrogen-bond donors (Lipinski definition) is 1. The number of benzene rings is 1. The van der Waals surface area contributed by atoms with E-state index in [9.17, 15) is 0 Å². The molecule has 0 aliphatic rings. The number of nitrogens with zero attached hydrogens (tertiary/aromatic N) is 1. The molecule has 1 aromatic heterocycles. The first-order valence-electron chi connectivity index (χ1n) is 5.76. The van der Waals surface area contributed by atoms with Crippen LogP contribution < -0.4 is 5.32 Å². The number of rotatable bonds is 5. The number of hydrogen-bond acceptors (Lipinski definition) is 3. The van der Waals surface area contributed by atoms with Crippen molar-refractivity contribution in [2.75, 3.05) is 6.54 Å². The summed E-state index contributed by atoms with van der Waals surface area (Å²) in [6, 6.07) is 5.91. The van der Waals surface area contributed by atoms with Crippen molar-refractivity contribution in [2.45, 2.75) is 19.4 Å². The van der Waals surface area contributed by atoms with Crippen molar-refractivity contribution in [1.29, 1.82) is 0 Å². The largest absolute Gasteiger partial charge is 0.309 e. The molecule has 0 amide bonds. The molecule has 2 nitrogen and oxygen atoms in total. The monoisotopic (exact) mass is 300 g/mol. The average molecular weight is 301 g/mol. The molecule has 0 saturated heterocycles. The summed E-state index contributed by atoms with van der Waals surface area (Å²) >= 11 is 13.9. The second-order valence-corrected chi connectivity index (χ2v) is 5.44. The molecule has 1 atom stereocenters. The van der Waals surface area contributed by atoms with Crippen LogP contribution in [0.3, 0.4) is 0 Å². The van der Waals surface area contributed by atoms with E-state index in [0.717, 1.165) is 24.2 Å².